The van der Waals surface area contributed by atoms with Crippen LogP contribution >= 0.6 is 0 Å². The predicted octanol–water partition coefficient (Wildman–Crippen LogP) is 1.57. The highest BCUT2D eigenvalue weighted by molar-refractivity contribution is 5.55. The van der Waals surface area contributed by atoms with E-state index in [1.165, 1.54) is 25.9 Å². The highest BCUT2D eigenvalue weighted by Gasteiger charge is 2.33. The Morgan fingerprint density at radius 2 is 2.10 bits per heavy atom. The van der Waals surface area contributed by atoms with Gasteiger partial charge in [-0.05, 0) is 44.0 Å². The van der Waals surface area contributed by atoms with Crippen LogP contribution in [-0.4, -0.2) is 56.0 Å². The molecule has 1 unspecified atom stereocenters. The molecule has 3 heterocycles. The molecule has 5 heteroatoms. The molecule has 0 aromatic heterocycles. The normalized spacial score (nSPS) is 27.4. The molecule has 0 spiro atoms. The average Bonchev–Trinajstić information content (AvgIpc) is 2.54. The monoisotopic (exact) mass is 292 g/mol. The van der Waals surface area contributed by atoms with Crippen molar-refractivity contribution in [3.05, 3.63) is 18.2 Å². The molecule has 1 aromatic rings. The molecule has 21 heavy (non-hydrogen) atoms. The Hall–Kier alpha value is -1.46. The summed E-state index contributed by atoms with van der Waals surface area (Å²) in [6.45, 7) is 3.90. The Labute approximate surface area is 125 Å². The number of piperidine rings is 3. The van der Waals surface area contributed by atoms with Gasteiger partial charge in [-0.2, -0.15) is 0 Å². The van der Waals surface area contributed by atoms with Crippen LogP contribution in [0.15, 0.2) is 18.2 Å². The molecule has 0 amide bonds. The standard InChI is InChI=1S/C16H24N2O3/c1-20-15-3-2-13(10-16(15)21-9-8-19)17-14-11-18-6-4-12(14)5-7-18/h2-3,10,12,14,17,19H,4-9,11H2,1H3. The first-order valence-electron chi connectivity index (χ1n) is 7.70. The van der Waals surface area contributed by atoms with E-state index in [4.69, 9.17) is 14.6 Å². The first kappa shape index (κ1) is 14.5. The largest absolute Gasteiger partial charge is 0.493 e. The lowest BCUT2D eigenvalue weighted by molar-refractivity contribution is 0.0975. The predicted molar refractivity (Wildman–Crippen MR) is 82.1 cm³/mol. The van der Waals surface area contributed by atoms with E-state index in [0.29, 0.717) is 17.5 Å². The summed E-state index contributed by atoms with van der Waals surface area (Å²) < 4.78 is 10.8. The van der Waals surface area contributed by atoms with Crippen LogP contribution in [0.5, 0.6) is 11.5 Å². The fourth-order valence-electron chi connectivity index (χ4n) is 3.38. The van der Waals surface area contributed by atoms with E-state index in [1.54, 1.807) is 7.11 Å². The average molecular weight is 292 g/mol. The number of aliphatic hydroxyl groups is 1. The second-order valence-electron chi connectivity index (χ2n) is 5.83. The van der Waals surface area contributed by atoms with Crippen molar-refractivity contribution < 1.29 is 14.6 Å². The summed E-state index contributed by atoms with van der Waals surface area (Å²) in [5, 5.41) is 12.5. The van der Waals surface area contributed by atoms with E-state index >= 15 is 0 Å². The Morgan fingerprint density at radius 1 is 1.29 bits per heavy atom. The first-order chi connectivity index (χ1) is 10.3. The second kappa shape index (κ2) is 6.54. The smallest absolute Gasteiger partial charge is 0.163 e. The molecule has 116 valence electrons. The minimum Gasteiger partial charge on any atom is -0.493 e. The fraction of sp³-hybridized carbons (Fsp3) is 0.625. The molecule has 0 saturated carbocycles. The van der Waals surface area contributed by atoms with Crippen LogP contribution in [0.25, 0.3) is 0 Å². The van der Waals surface area contributed by atoms with Crippen molar-refractivity contribution in [1.29, 1.82) is 0 Å². The number of hydrogen-bond acceptors (Lipinski definition) is 5. The van der Waals surface area contributed by atoms with Crippen molar-refractivity contribution in [3.63, 3.8) is 0 Å². The van der Waals surface area contributed by atoms with Crippen molar-refractivity contribution in [3.8, 4) is 11.5 Å². The number of aliphatic hydroxyl groups excluding tert-OH is 1. The quantitative estimate of drug-likeness (QED) is 0.833. The Kier molecular flexibility index (Phi) is 4.51. The van der Waals surface area contributed by atoms with Gasteiger partial charge >= 0.3 is 0 Å². The van der Waals surface area contributed by atoms with Crippen LogP contribution in [0.3, 0.4) is 0 Å². The van der Waals surface area contributed by atoms with Crippen LogP contribution in [0.2, 0.25) is 0 Å². The highest BCUT2D eigenvalue weighted by atomic mass is 16.5. The molecule has 3 fully saturated rings. The van der Waals surface area contributed by atoms with Gasteiger partial charge in [0.25, 0.3) is 0 Å². The lowest BCUT2D eigenvalue weighted by Gasteiger charge is -2.45. The lowest BCUT2D eigenvalue weighted by atomic mass is 9.84. The summed E-state index contributed by atoms with van der Waals surface area (Å²) in [5.41, 5.74) is 1.06. The maximum atomic E-state index is 8.91. The summed E-state index contributed by atoms with van der Waals surface area (Å²) in [6, 6.07) is 6.43. The molecular formula is C16H24N2O3. The number of hydrogen-bond donors (Lipinski definition) is 2. The van der Waals surface area contributed by atoms with Gasteiger partial charge in [-0.15, -0.1) is 0 Å². The molecule has 5 nitrogen and oxygen atoms in total. The van der Waals surface area contributed by atoms with Gasteiger partial charge in [-0.25, -0.2) is 0 Å². The zero-order chi connectivity index (χ0) is 14.7. The number of methoxy groups -OCH3 is 1. The third kappa shape index (κ3) is 3.24. The van der Waals surface area contributed by atoms with Crippen molar-refractivity contribution in [1.82, 2.24) is 4.90 Å². The molecule has 1 aromatic carbocycles. The van der Waals surface area contributed by atoms with Crippen LogP contribution in [-0.2, 0) is 0 Å². The van der Waals surface area contributed by atoms with Crippen molar-refractivity contribution in [2.45, 2.75) is 18.9 Å². The molecular weight excluding hydrogens is 268 g/mol. The minimum absolute atomic E-state index is 0.000466. The van der Waals surface area contributed by atoms with E-state index in [0.717, 1.165) is 18.2 Å². The summed E-state index contributed by atoms with van der Waals surface area (Å²) >= 11 is 0. The molecule has 1 atom stereocenters. The van der Waals surface area contributed by atoms with Gasteiger partial charge in [0.2, 0.25) is 0 Å². The van der Waals surface area contributed by atoms with E-state index < -0.39 is 0 Å². The third-order valence-corrected chi connectivity index (χ3v) is 4.52. The zero-order valence-electron chi connectivity index (χ0n) is 12.5. The number of nitrogens with one attached hydrogen (secondary N) is 1. The number of nitrogens with zero attached hydrogens (tertiary/aromatic N) is 1. The zero-order valence-corrected chi connectivity index (χ0v) is 12.5. The van der Waals surface area contributed by atoms with E-state index in [2.05, 4.69) is 10.2 Å². The van der Waals surface area contributed by atoms with Crippen LogP contribution in [0.1, 0.15) is 12.8 Å². The second-order valence-corrected chi connectivity index (χ2v) is 5.83. The molecule has 0 radical (unpaired) electrons. The van der Waals surface area contributed by atoms with E-state index in [1.807, 2.05) is 18.2 Å². The summed E-state index contributed by atoms with van der Waals surface area (Å²) in [7, 11) is 1.63. The Balaban J connectivity index is 1.70. The van der Waals surface area contributed by atoms with E-state index in [9.17, 15) is 0 Å². The number of fused-ring (bicyclic) bond motifs is 3. The van der Waals surface area contributed by atoms with Gasteiger partial charge in [0, 0.05) is 24.3 Å². The molecule has 2 bridgehead atoms. The number of rotatable bonds is 6. The van der Waals surface area contributed by atoms with Crippen LogP contribution < -0.4 is 14.8 Å². The van der Waals surface area contributed by atoms with Crippen molar-refractivity contribution in [2.75, 3.05) is 45.3 Å². The molecule has 3 aliphatic heterocycles. The maximum absolute atomic E-state index is 8.91. The van der Waals surface area contributed by atoms with Gasteiger partial charge in [0.05, 0.1) is 13.7 Å². The van der Waals surface area contributed by atoms with E-state index in [-0.39, 0.29) is 13.2 Å². The highest BCUT2D eigenvalue weighted by Crippen LogP contribution is 2.33. The first-order valence-corrected chi connectivity index (χ1v) is 7.70. The Bertz CT molecular complexity index is 473. The molecule has 4 rings (SSSR count). The van der Waals surface area contributed by atoms with Gasteiger partial charge in [-0.3, -0.25) is 0 Å². The van der Waals surface area contributed by atoms with Crippen molar-refractivity contribution in [2.24, 2.45) is 5.92 Å². The number of benzene rings is 1. The minimum atomic E-state index is 0.000466. The topological polar surface area (TPSA) is 54.0 Å². The summed E-state index contributed by atoms with van der Waals surface area (Å²) in [6.07, 6.45) is 2.59. The fourth-order valence-corrected chi connectivity index (χ4v) is 3.38. The summed E-state index contributed by atoms with van der Waals surface area (Å²) in [5.74, 6) is 2.15. The third-order valence-electron chi connectivity index (χ3n) is 4.52. The SMILES string of the molecule is COc1ccc(NC2CN3CCC2CC3)cc1OCCO. The molecule has 3 aliphatic rings. The maximum Gasteiger partial charge on any atom is 0.163 e. The van der Waals surface area contributed by atoms with Gasteiger partial charge < -0.3 is 24.8 Å². The van der Waals surface area contributed by atoms with Gasteiger partial charge in [0.1, 0.15) is 6.61 Å². The molecule has 3 saturated heterocycles. The molecule has 2 N–H and O–H groups in total. The number of anilines is 1. The van der Waals surface area contributed by atoms with Crippen LogP contribution in [0, 0.1) is 5.92 Å². The Morgan fingerprint density at radius 3 is 2.71 bits per heavy atom. The van der Waals surface area contributed by atoms with Gasteiger partial charge in [-0.1, -0.05) is 0 Å². The summed E-state index contributed by atoms with van der Waals surface area (Å²) in [4.78, 5) is 2.53. The lowest BCUT2D eigenvalue weighted by Crippen LogP contribution is -2.53. The molecule has 0 aliphatic carbocycles. The number of ether oxygens (including phenoxy) is 2. The van der Waals surface area contributed by atoms with Crippen LogP contribution in [0.4, 0.5) is 5.69 Å². The van der Waals surface area contributed by atoms with Gasteiger partial charge in [0.15, 0.2) is 11.5 Å². The van der Waals surface area contributed by atoms with Crippen molar-refractivity contribution >= 4 is 5.69 Å².